The Morgan fingerprint density at radius 2 is 2.12 bits per heavy atom. The predicted octanol–water partition coefficient (Wildman–Crippen LogP) is 3.06. The number of benzene rings is 1. The zero-order valence-corrected chi connectivity index (χ0v) is 19.0. The van der Waals surface area contributed by atoms with Crippen LogP contribution in [0.15, 0.2) is 36.0 Å². The van der Waals surface area contributed by atoms with E-state index in [1.165, 1.54) is 18.6 Å². The molecular weight excluding hydrogens is 450 g/mol. The molecule has 3 atom stereocenters. The fraction of sp³-hybridized carbons (Fsp3) is 0.348. The van der Waals surface area contributed by atoms with Crippen LogP contribution in [0.25, 0.3) is 10.6 Å². The van der Waals surface area contributed by atoms with Gasteiger partial charge in [-0.25, -0.2) is 13.8 Å². The summed E-state index contributed by atoms with van der Waals surface area (Å²) in [6.45, 7) is 2.97. The Labute approximate surface area is 193 Å². The van der Waals surface area contributed by atoms with E-state index in [-0.39, 0.29) is 40.1 Å². The molecule has 4 rings (SSSR count). The molecule has 0 saturated carbocycles. The number of ketones is 1. The summed E-state index contributed by atoms with van der Waals surface area (Å²) in [6, 6.07) is 3.71. The zero-order chi connectivity index (χ0) is 23.7. The lowest BCUT2D eigenvalue weighted by molar-refractivity contribution is 0.0784. The number of methoxy groups -OCH3 is 1. The van der Waals surface area contributed by atoms with Gasteiger partial charge in [0.05, 0.1) is 18.8 Å². The van der Waals surface area contributed by atoms with Crippen LogP contribution in [0.3, 0.4) is 0 Å². The van der Waals surface area contributed by atoms with E-state index >= 15 is 0 Å². The van der Waals surface area contributed by atoms with E-state index in [1.54, 1.807) is 12.4 Å². The number of nitrogens with zero attached hydrogens (tertiary/aromatic N) is 3. The molecular formula is C23H24F2N4O3S. The van der Waals surface area contributed by atoms with Crippen molar-refractivity contribution in [3.05, 3.63) is 58.9 Å². The maximum absolute atomic E-state index is 14.6. The molecule has 0 amide bonds. The number of pyridine rings is 1. The van der Waals surface area contributed by atoms with Crippen molar-refractivity contribution in [3.63, 3.8) is 0 Å². The third kappa shape index (κ3) is 4.59. The number of hydrogen-bond donors (Lipinski definition) is 2. The summed E-state index contributed by atoms with van der Waals surface area (Å²) < 4.78 is 33.8. The highest BCUT2D eigenvalue weighted by atomic mass is 32.1. The number of anilines is 1. The number of aliphatic hydroxyl groups excluding tert-OH is 1. The molecule has 0 bridgehead atoms. The monoisotopic (exact) mass is 474 g/mol. The minimum atomic E-state index is -0.863. The van der Waals surface area contributed by atoms with Crippen molar-refractivity contribution in [1.82, 2.24) is 9.97 Å². The second-order valence-corrected chi connectivity index (χ2v) is 8.98. The number of thiazole rings is 1. The van der Waals surface area contributed by atoms with Crippen molar-refractivity contribution in [1.29, 1.82) is 0 Å². The fourth-order valence-corrected chi connectivity index (χ4v) is 4.91. The molecule has 1 fully saturated rings. The van der Waals surface area contributed by atoms with Crippen LogP contribution >= 0.6 is 11.3 Å². The van der Waals surface area contributed by atoms with Crippen LogP contribution in [0.2, 0.25) is 0 Å². The molecule has 10 heteroatoms. The van der Waals surface area contributed by atoms with Crippen LogP contribution < -0.4 is 15.4 Å². The van der Waals surface area contributed by atoms with Gasteiger partial charge in [0.15, 0.2) is 17.3 Å². The van der Waals surface area contributed by atoms with Crippen LogP contribution in [-0.2, 0) is 6.42 Å². The van der Waals surface area contributed by atoms with E-state index in [0.717, 1.165) is 23.1 Å². The lowest BCUT2D eigenvalue weighted by atomic mass is 9.92. The van der Waals surface area contributed by atoms with E-state index < -0.39 is 23.8 Å². The first-order chi connectivity index (χ1) is 15.8. The lowest BCUT2D eigenvalue weighted by Crippen LogP contribution is -2.55. The van der Waals surface area contributed by atoms with Gasteiger partial charge in [0.2, 0.25) is 0 Å². The van der Waals surface area contributed by atoms with Crippen LogP contribution in [-0.4, -0.2) is 53.2 Å². The van der Waals surface area contributed by atoms with Crippen molar-refractivity contribution >= 4 is 22.8 Å². The number of piperidine rings is 1. The maximum atomic E-state index is 14.6. The van der Waals surface area contributed by atoms with Crippen LogP contribution in [0.4, 0.5) is 14.5 Å². The summed E-state index contributed by atoms with van der Waals surface area (Å²) in [5, 5.41) is 11.7. The molecule has 0 unspecified atom stereocenters. The van der Waals surface area contributed by atoms with Crippen molar-refractivity contribution < 1.29 is 23.4 Å². The molecule has 1 saturated heterocycles. The maximum Gasteiger partial charge on any atom is 0.186 e. The van der Waals surface area contributed by atoms with Gasteiger partial charge in [0, 0.05) is 60.5 Å². The number of carbonyl (C=O) groups is 1. The number of aliphatic hydroxyl groups is 1. The Kier molecular flexibility index (Phi) is 6.68. The van der Waals surface area contributed by atoms with E-state index in [4.69, 9.17) is 10.5 Å². The van der Waals surface area contributed by atoms with Gasteiger partial charge >= 0.3 is 0 Å². The number of halogens is 2. The Morgan fingerprint density at radius 3 is 2.85 bits per heavy atom. The minimum absolute atomic E-state index is 0.0120. The van der Waals surface area contributed by atoms with Gasteiger partial charge in [-0.3, -0.25) is 9.78 Å². The first-order valence-electron chi connectivity index (χ1n) is 10.4. The average molecular weight is 475 g/mol. The SMILES string of the molecule is COc1ccc(F)c(-c2nc(C(=O)Cc3cnccc3N3C[C@@H](N)[C@H](O)[C@@H](C)C3)cs2)c1F. The molecule has 3 N–H and O–H groups in total. The molecule has 0 aliphatic carbocycles. The number of hydrogen-bond acceptors (Lipinski definition) is 8. The molecule has 1 aromatic carbocycles. The Balaban J connectivity index is 1.58. The standard InChI is InChI=1S/C23H24F2N4O3S/c1-12-9-29(10-15(26)22(12)31)17-5-6-27-8-13(17)7-18(30)16-11-33-23(28-16)20-14(24)3-4-19(32-2)21(20)25/h3-6,8,11-12,15,22,31H,7,9-10,26H2,1-2H3/t12-,15+,22+/m0/s1. The zero-order valence-electron chi connectivity index (χ0n) is 18.2. The van der Waals surface area contributed by atoms with Crippen LogP contribution in [0.1, 0.15) is 23.0 Å². The van der Waals surface area contributed by atoms with Crippen molar-refractivity contribution in [2.45, 2.75) is 25.5 Å². The second kappa shape index (κ2) is 9.50. The largest absolute Gasteiger partial charge is 0.494 e. The molecule has 174 valence electrons. The summed E-state index contributed by atoms with van der Waals surface area (Å²) in [6.07, 6.45) is 2.68. The summed E-state index contributed by atoms with van der Waals surface area (Å²) in [7, 11) is 1.29. The van der Waals surface area contributed by atoms with Gasteiger partial charge in [-0.15, -0.1) is 11.3 Å². The van der Waals surface area contributed by atoms with E-state index in [9.17, 15) is 18.7 Å². The summed E-state index contributed by atoms with van der Waals surface area (Å²) in [5.41, 5.74) is 7.38. The number of carbonyl (C=O) groups excluding carboxylic acids is 1. The third-order valence-corrected chi connectivity index (χ3v) is 6.67. The number of Topliss-reactive ketones (excluding diaryl/α,β-unsaturated/α-hetero) is 1. The fourth-order valence-electron chi connectivity index (χ4n) is 4.04. The third-order valence-electron chi connectivity index (χ3n) is 5.81. The molecule has 3 aromatic rings. The van der Waals surface area contributed by atoms with Gasteiger partial charge in [-0.1, -0.05) is 6.92 Å². The quantitative estimate of drug-likeness (QED) is 0.530. The molecule has 0 spiro atoms. The van der Waals surface area contributed by atoms with Gasteiger partial charge in [0.1, 0.15) is 16.5 Å². The lowest BCUT2D eigenvalue weighted by Gasteiger charge is -2.40. The van der Waals surface area contributed by atoms with Crippen molar-refractivity contribution in [2.75, 3.05) is 25.1 Å². The summed E-state index contributed by atoms with van der Waals surface area (Å²) >= 11 is 0.984. The highest BCUT2D eigenvalue weighted by Gasteiger charge is 2.32. The molecule has 33 heavy (non-hydrogen) atoms. The topological polar surface area (TPSA) is 102 Å². The normalized spacial score (nSPS) is 20.7. The van der Waals surface area contributed by atoms with E-state index in [0.29, 0.717) is 18.7 Å². The highest BCUT2D eigenvalue weighted by Crippen LogP contribution is 2.34. The van der Waals surface area contributed by atoms with E-state index in [1.807, 2.05) is 17.9 Å². The molecule has 1 aliphatic heterocycles. The number of nitrogens with two attached hydrogens (primary N) is 1. The smallest absolute Gasteiger partial charge is 0.186 e. The van der Waals surface area contributed by atoms with Gasteiger partial charge in [-0.2, -0.15) is 0 Å². The predicted molar refractivity (Wildman–Crippen MR) is 122 cm³/mol. The average Bonchev–Trinajstić information content (AvgIpc) is 3.27. The van der Waals surface area contributed by atoms with Crippen molar-refractivity contribution in [2.24, 2.45) is 11.7 Å². The minimum Gasteiger partial charge on any atom is -0.494 e. The molecule has 3 heterocycles. The summed E-state index contributed by atoms with van der Waals surface area (Å²) in [5.74, 6) is -2.08. The van der Waals surface area contributed by atoms with Crippen LogP contribution in [0.5, 0.6) is 5.75 Å². The molecule has 1 aliphatic rings. The number of rotatable bonds is 6. The first kappa shape index (κ1) is 23.2. The first-order valence-corrected chi connectivity index (χ1v) is 11.3. The van der Waals surface area contributed by atoms with Gasteiger partial charge in [0.25, 0.3) is 0 Å². The Morgan fingerprint density at radius 1 is 1.33 bits per heavy atom. The number of aromatic nitrogens is 2. The Bertz CT molecular complexity index is 1160. The Hall–Kier alpha value is -2.95. The molecule has 2 aromatic heterocycles. The van der Waals surface area contributed by atoms with Crippen molar-refractivity contribution in [3.8, 4) is 16.3 Å². The molecule has 0 radical (unpaired) electrons. The number of ether oxygens (including phenoxy) is 1. The van der Waals surface area contributed by atoms with E-state index in [2.05, 4.69) is 9.97 Å². The second-order valence-electron chi connectivity index (χ2n) is 8.12. The highest BCUT2D eigenvalue weighted by molar-refractivity contribution is 7.13. The van der Waals surface area contributed by atoms with Gasteiger partial charge in [-0.05, 0) is 18.2 Å². The van der Waals surface area contributed by atoms with Crippen LogP contribution in [0, 0.1) is 17.6 Å². The summed E-state index contributed by atoms with van der Waals surface area (Å²) in [4.78, 5) is 23.4. The molecule has 7 nitrogen and oxygen atoms in total. The van der Waals surface area contributed by atoms with Gasteiger partial charge < -0.3 is 20.5 Å².